The fourth-order valence-corrected chi connectivity index (χ4v) is 1.62. The smallest absolute Gasteiger partial charge is 0.237 e. The summed E-state index contributed by atoms with van der Waals surface area (Å²) in [5.74, 6) is -0.0711. The summed E-state index contributed by atoms with van der Waals surface area (Å²) in [5.41, 5.74) is 6.59. The molecule has 3 atom stereocenters. The summed E-state index contributed by atoms with van der Waals surface area (Å²) in [4.78, 5) is 11.7. The molecule has 1 aromatic carbocycles. The van der Waals surface area contributed by atoms with Crippen LogP contribution in [0, 0.1) is 5.92 Å². The number of rotatable bonds is 6. The predicted molar refractivity (Wildman–Crippen MR) is 71.8 cm³/mol. The minimum atomic E-state index is -0.695. The number of amides is 1. The highest BCUT2D eigenvalue weighted by molar-refractivity contribution is 5.81. The highest BCUT2D eigenvalue weighted by atomic mass is 16.3. The molecule has 0 aliphatic heterocycles. The molecule has 0 bridgehead atoms. The second-order valence-electron chi connectivity index (χ2n) is 4.58. The molecule has 1 rings (SSSR count). The first-order valence-electron chi connectivity index (χ1n) is 6.32. The van der Waals surface area contributed by atoms with Gasteiger partial charge in [0.2, 0.25) is 5.91 Å². The molecule has 0 aliphatic carbocycles. The van der Waals surface area contributed by atoms with Gasteiger partial charge >= 0.3 is 0 Å². The van der Waals surface area contributed by atoms with Crippen molar-refractivity contribution in [2.75, 3.05) is 6.54 Å². The molecule has 1 amide bonds. The van der Waals surface area contributed by atoms with Gasteiger partial charge in [0, 0.05) is 6.54 Å². The van der Waals surface area contributed by atoms with E-state index in [4.69, 9.17) is 5.73 Å². The molecule has 0 aliphatic rings. The lowest BCUT2D eigenvalue weighted by Crippen LogP contribution is -2.45. The Balaban J connectivity index is 2.43. The standard InChI is InChI=1S/C14H22N2O2/c1-3-10(2)13(15)14(18)16-9-12(17)11-7-5-4-6-8-11/h4-8,10,12-13,17H,3,9,15H2,1-2H3,(H,16,18)/t10-,12?,13-/m0/s1. The lowest BCUT2D eigenvalue weighted by atomic mass is 9.99. The van der Waals surface area contributed by atoms with Crippen LogP contribution >= 0.6 is 0 Å². The summed E-state index contributed by atoms with van der Waals surface area (Å²) in [6.45, 7) is 4.13. The van der Waals surface area contributed by atoms with Gasteiger partial charge in [0.15, 0.2) is 0 Å². The summed E-state index contributed by atoms with van der Waals surface area (Å²) in [7, 11) is 0. The third-order valence-corrected chi connectivity index (χ3v) is 3.21. The Kier molecular flexibility index (Phi) is 5.82. The predicted octanol–water partition coefficient (Wildman–Crippen LogP) is 1.21. The Hall–Kier alpha value is -1.39. The molecule has 1 unspecified atom stereocenters. The number of carbonyl (C=O) groups is 1. The number of carbonyl (C=O) groups excluding carboxylic acids is 1. The van der Waals surface area contributed by atoms with Gasteiger partial charge in [0.05, 0.1) is 12.1 Å². The van der Waals surface area contributed by atoms with Crippen molar-refractivity contribution in [2.24, 2.45) is 11.7 Å². The zero-order valence-electron chi connectivity index (χ0n) is 11.0. The lowest BCUT2D eigenvalue weighted by molar-refractivity contribution is -0.123. The van der Waals surface area contributed by atoms with E-state index >= 15 is 0 Å². The highest BCUT2D eigenvalue weighted by Gasteiger charge is 2.19. The van der Waals surface area contributed by atoms with E-state index < -0.39 is 12.1 Å². The number of aliphatic hydroxyl groups is 1. The Morgan fingerprint density at radius 2 is 2.00 bits per heavy atom. The van der Waals surface area contributed by atoms with Crippen LogP contribution in [0.5, 0.6) is 0 Å². The fourth-order valence-electron chi connectivity index (χ4n) is 1.62. The monoisotopic (exact) mass is 250 g/mol. The van der Waals surface area contributed by atoms with Crippen molar-refractivity contribution in [3.05, 3.63) is 35.9 Å². The van der Waals surface area contributed by atoms with Crippen molar-refractivity contribution < 1.29 is 9.90 Å². The Morgan fingerprint density at radius 1 is 1.39 bits per heavy atom. The quantitative estimate of drug-likeness (QED) is 0.710. The normalized spacial score (nSPS) is 15.8. The number of hydrogen-bond donors (Lipinski definition) is 3. The SMILES string of the molecule is CC[C@H](C)[C@H](N)C(=O)NCC(O)c1ccccc1. The first-order valence-corrected chi connectivity index (χ1v) is 6.32. The Morgan fingerprint density at radius 3 is 2.56 bits per heavy atom. The van der Waals surface area contributed by atoms with E-state index in [1.807, 2.05) is 44.2 Å². The van der Waals surface area contributed by atoms with Gasteiger partial charge in [-0.2, -0.15) is 0 Å². The van der Waals surface area contributed by atoms with E-state index in [2.05, 4.69) is 5.32 Å². The Bertz CT molecular complexity index is 367. The molecule has 18 heavy (non-hydrogen) atoms. The molecule has 4 N–H and O–H groups in total. The molecule has 0 spiro atoms. The van der Waals surface area contributed by atoms with Crippen molar-refractivity contribution >= 4 is 5.91 Å². The van der Waals surface area contributed by atoms with Gasteiger partial charge in [0.25, 0.3) is 0 Å². The van der Waals surface area contributed by atoms with Crippen LogP contribution in [0.1, 0.15) is 31.9 Å². The number of benzene rings is 1. The number of nitrogens with one attached hydrogen (secondary N) is 1. The van der Waals surface area contributed by atoms with E-state index in [-0.39, 0.29) is 18.4 Å². The average molecular weight is 250 g/mol. The fraction of sp³-hybridized carbons (Fsp3) is 0.500. The van der Waals surface area contributed by atoms with Crippen molar-refractivity contribution in [1.82, 2.24) is 5.32 Å². The van der Waals surface area contributed by atoms with E-state index in [1.165, 1.54) is 0 Å². The van der Waals surface area contributed by atoms with Crippen LogP contribution in [0.15, 0.2) is 30.3 Å². The van der Waals surface area contributed by atoms with Gasteiger partial charge in [-0.15, -0.1) is 0 Å². The molecule has 0 fully saturated rings. The van der Waals surface area contributed by atoms with E-state index in [1.54, 1.807) is 0 Å². The first kappa shape index (κ1) is 14.7. The largest absolute Gasteiger partial charge is 0.387 e. The number of nitrogens with two attached hydrogens (primary N) is 1. The van der Waals surface area contributed by atoms with E-state index in [9.17, 15) is 9.90 Å². The molecule has 0 saturated carbocycles. The van der Waals surface area contributed by atoms with Gasteiger partial charge in [-0.05, 0) is 11.5 Å². The number of aliphatic hydroxyl groups excluding tert-OH is 1. The van der Waals surface area contributed by atoms with Crippen LogP contribution in [0.2, 0.25) is 0 Å². The Labute approximate surface area is 108 Å². The van der Waals surface area contributed by atoms with E-state index in [0.717, 1.165) is 12.0 Å². The van der Waals surface area contributed by atoms with Crippen molar-refractivity contribution in [3.8, 4) is 0 Å². The minimum absolute atomic E-state index is 0.138. The molecule has 0 heterocycles. The summed E-state index contributed by atoms with van der Waals surface area (Å²) in [6.07, 6.45) is 0.162. The summed E-state index contributed by atoms with van der Waals surface area (Å²) in [6, 6.07) is 8.72. The molecule has 0 radical (unpaired) electrons. The maximum absolute atomic E-state index is 11.7. The van der Waals surface area contributed by atoms with Gasteiger partial charge in [-0.25, -0.2) is 0 Å². The maximum Gasteiger partial charge on any atom is 0.237 e. The van der Waals surface area contributed by atoms with Crippen molar-refractivity contribution in [3.63, 3.8) is 0 Å². The summed E-state index contributed by atoms with van der Waals surface area (Å²) in [5, 5.41) is 12.6. The average Bonchev–Trinajstić information content (AvgIpc) is 2.43. The van der Waals surface area contributed by atoms with Gasteiger partial charge in [-0.1, -0.05) is 50.6 Å². The maximum atomic E-state index is 11.7. The van der Waals surface area contributed by atoms with E-state index in [0.29, 0.717) is 0 Å². The van der Waals surface area contributed by atoms with Crippen LogP contribution in [-0.4, -0.2) is 23.6 Å². The van der Waals surface area contributed by atoms with Crippen LogP contribution < -0.4 is 11.1 Å². The first-order chi connectivity index (χ1) is 8.56. The highest BCUT2D eigenvalue weighted by Crippen LogP contribution is 2.11. The van der Waals surface area contributed by atoms with Crippen LogP contribution in [0.3, 0.4) is 0 Å². The molecule has 4 heteroatoms. The second kappa shape index (κ2) is 7.13. The summed E-state index contributed by atoms with van der Waals surface area (Å²) < 4.78 is 0. The van der Waals surface area contributed by atoms with Crippen LogP contribution in [-0.2, 0) is 4.79 Å². The molecule has 4 nitrogen and oxygen atoms in total. The van der Waals surface area contributed by atoms with Gasteiger partial charge in [-0.3, -0.25) is 4.79 Å². The minimum Gasteiger partial charge on any atom is -0.387 e. The molecule has 100 valence electrons. The van der Waals surface area contributed by atoms with Crippen molar-refractivity contribution in [2.45, 2.75) is 32.4 Å². The molecular formula is C14H22N2O2. The second-order valence-corrected chi connectivity index (χ2v) is 4.58. The third kappa shape index (κ3) is 4.13. The topological polar surface area (TPSA) is 75.4 Å². The van der Waals surface area contributed by atoms with Crippen LogP contribution in [0.4, 0.5) is 0 Å². The number of hydrogen-bond acceptors (Lipinski definition) is 3. The zero-order chi connectivity index (χ0) is 13.5. The third-order valence-electron chi connectivity index (χ3n) is 3.21. The van der Waals surface area contributed by atoms with Gasteiger partial charge < -0.3 is 16.2 Å². The van der Waals surface area contributed by atoms with Crippen molar-refractivity contribution in [1.29, 1.82) is 0 Å². The molecular weight excluding hydrogens is 228 g/mol. The van der Waals surface area contributed by atoms with Gasteiger partial charge in [0.1, 0.15) is 0 Å². The zero-order valence-corrected chi connectivity index (χ0v) is 11.0. The summed E-state index contributed by atoms with van der Waals surface area (Å²) >= 11 is 0. The lowest BCUT2D eigenvalue weighted by Gasteiger charge is -2.19. The molecule has 0 aromatic heterocycles. The molecule has 0 saturated heterocycles. The van der Waals surface area contributed by atoms with Crippen LogP contribution in [0.25, 0.3) is 0 Å². The molecule has 1 aromatic rings.